The molecular weight excluding hydrogens is 464 g/mol. The van der Waals surface area contributed by atoms with Crippen LogP contribution in [0.25, 0.3) is 11.3 Å². The van der Waals surface area contributed by atoms with E-state index in [-0.39, 0.29) is 24.6 Å². The average molecular weight is 495 g/mol. The Morgan fingerprint density at radius 2 is 1.89 bits per heavy atom. The molecule has 1 aliphatic heterocycles. The van der Waals surface area contributed by atoms with Crippen LogP contribution in [-0.2, 0) is 9.53 Å². The topological polar surface area (TPSA) is 121 Å². The molecule has 1 saturated heterocycles. The van der Waals surface area contributed by atoms with Crippen LogP contribution in [0.1, 0.15) is 19.9 Å². The predicted molar refractivity (Wildman–Crippen MR) is 133 cm³/mol. The Hall–Kier alpha value is -3.99. The van der Waals surface area contributed by atoms with Gasteiger partial charge < -0.3 is 24.4 Å². The summed E-state index contributed by atoms with van der Waals surface area (Å²) in [7, 11) is 0. The molecular formula is C25H30N6O5. The van der Waals surface area contributed by atoms with E-state index in [1.54, 1.807) is 19.1 Å². The summed E-state index contributed by atoms with van der Waals surface area (Å²) in [6.45, 7) is 7.43. The van der Waals surface area contributed by atoms with E-state index in [4.69, 9.17) is 14.2 Å². The van der Waals surface area contributed by atoms with Gasteiger partial charge in [-0.05, 0) is 44.2 Å². The molecule has 0 radical (unpaired) electrons. The highest BCUT2D eigenvalue weighted by molar-refractivity contribution is 5.79. The van der Waals surface area contributed by atoms with E-state index in [0.29, 0.717) is 31.4 Å². The monoisotopic (exact) mass is 494 g/mol. The van der Waals surface area contributed by atoms with Gasteiger partial charge in [0, 0.05) is 30.8 Å². The lowest BCUT2D eigenvalue weighted by molar-refractivity contribution is -0.124. The first-order chi connectivity index (χ1) is 17.5. The van der Waals surface area contributed by atoms with Crippen molar-refractivity contribution in [3.63, 3.8) is 0 Å². The van der Waals surface area contributed by atoms with Crippen LogP contribution in [0.4, 0.5) is 5.82 Å². The highest BCUT2D eigenvalue weighted by Crippen LogP contribution is 2.20. The zero-order valence-corrected chi connectivity index (χ0v) is 20.4. The van der Waals surface area contributed by atoms with Gasteiger partial charge in [0.15, 0.2) is 0 Å². The number of carbonyl (C=O) groups is 1. The highest BCUT2D eigenvalue weighted by atomic mass is 16.5. The molecule has 1 N–H and O–H groups in total. The lowest BCUT2D eigenvalue weighted by Gasteiger charge is -2.27. The van der Waals surface area contributed by atoms with E-state index in [9.17, 15) is 9.59 Å². The maximum absolute atomic E-state index is 12.7. The number of rotatable bonds is 10. The molecule has 3 heterocycles. The summed E-state index contributed by atoms with van der Waals surface area (Å²) in [6.07, 6.45) is 1.45. The second-order valence-corrected chi connectivity index (χ2v) is 8.09. The molecule has 36 heavy (non-hydrogen) atoms. The molecule has 0 saturated carbocycles. The van der Waals surface area contributed by atoms with Crippen molar-refractivity contribution in [2.24, 2.45) is 0 Å². The molecule has 11 nitrogen and oxygen atoms in total. The fourth-order valence-corrected chi connectivity index (χ4v) is 3.71. The van der Waals surface area contributed by atoms with Crippen molar-refractivity contribution in [3.05, 3.63) is 59.1 Å². The summed E-state index contributed by atoms with van der Waals surface area (Å²) in [6, 6.07) is 11.4. The molecule has 11 heteroatoms. The zero-order valence-electron chi connectivity index (χ0n) is 20.4. The van der Waals surface area contributed by atoms with Gasteiger partial charge in [0.05, 0.1) is 32.1 Å². The van der Waals surface area contributed by atoms with Crippen LogP contribution in [0.15, 0.2) is 53.6 Å². The fraction of sp³-hybridized carbons (Fsp3) is 0.400. The Bertz CT molecular complexity index is 1210. The normalized spacial score (nSPS) is 14.2. The number of nitrogens with one attached hydrogen (secondary N) is 1. The maximum atomic E-state index is 12.7. The first kappa shape index (κ1) is 25.1. The number of anilines is 1. The van der Waals surface area contributed by atoms with Crippen LogP contribution in [0.5, 0.6) is 11.6 Å². The number of hydrogen-bond acceptors (Lipinski definition) is 9. The van der Waals surface area contributed by atoms with Gasteiger partial charge in [-0.2, -0.15) is 5.10 Å². The molecule has 4 rings (SSSR count). The molecule has 190 valence electrons. The summed E-state index contributed by atoms with van der Waals surface area (Å²) < 4.78 is 17.7. The molecule has 1 aromatic carbocycles. The molecule has 1 aliphatic rings. The predicted octanol–water partition coefficient (Wildman–Crippen LogP) is 1.69. The number of aromatic nitrogens is 4. The highest BCUT2D eigenvalue weighted by Gasteiger charge is 2.18. The molecule has 0 spiro atoms. The van der Waals surface area contributed by atoms with E-state index in [2.05, 4.69) is 25.3 Å². The van der Waals surface area contributed by atoms with E-state index < -0.39 is 6.04 Å². The van der Waals surface area contributed by atoms with Crippen LogP contribution >= 0.6 is 0 Å². The first-order valence-corrected chi connectivity index (χ1v) is 11.9. The summed E-state index contributed by atoms with van der Waals surface area (Å²) in [5.74, 6) is 1.62. The zero-order chi connectivity index (χ0) is 25.3. The van der Waals surface area contributed by atoms with Gasteiger partial charge >= 0.3 is 0 Å². The minimum absolute atomic E-state index is 0.215. The van der Waals surface area contributed by atoms with Gasteiger partial charge in [0.25, 0.3) is 5.56 Å². The van der Waals surface area contributed by atoms with Gasteiger partial charge in [0.1, 0.15) is 30.5 Å². The van der Waals surface area contributed by atoms with Crippen LogP contribution in [0, 0.1) is 0 Å². The summed E-state index contributed by atoms with van der Waals surface area (Å²) in [5, 5.41) is 7.20. The van der Waals surface area contributed by atoms with Gasteiger partial charge in [-0.25, -0.2) is 14.6 Å². The summed E-state index contributed by atoms with van der Waals surface area (Å²) in [4.78, 5) is 35.6. The van der Waals surface area contributed by atoms with Crippen molar-refractivity contribution in [3.8, 4) is 22.9 Å². The summed E-state index contributed by atoms with van der Waals surface area (Å²) >= 11 is 0. The van der Waals surface area contributed by atoms with Gasteiger partial charge in [-0.3, -0.25) is 9.59 Å². The average Bonchev–Trinajstić information content (AvgIpc) is 2.92. The second kappa shape index (κ2) is 12.1. The molecule has 1 amide bonds. The molecule has 1 unspecified atom stereocenters. The van der Waals surface area contributed by atoms with Crippen LogP contribution in [0.3, 0.4) is 0 Å². The van der Waals surface area contributed by atoms with E-state index in [1.807, 2.05) is 31.2 Å². The lowest BCUT2D eigenvalue weighted by Crippen LogP contribution is -2.38. The largest absolute Gasteiger partial charge is 0.494 e. The van der Waals surface area contributed by atoms with Crippen LogP contribution in [-0.4, -0.2) is 71.7 Å². The quantitative estimate of drug-likeness (QED) is 0.420. The standard InChI is InChI=1S/C25H30N6O5/c1-3-35-20-6-4-19(5-7-20)21-8-9-24(32)31(29-21)18(2)25(33)26-10-13-36-23-16-22(27-17-28-23)30-11-14-34-15-12-30/h4-9,16-18H,3,10-15H2,1-2H3,(H,26,33). The van der Waals surface area contributed by atoms with E-state index in [0.717, 1.165) is 30.2 Å². The number of amides is 1. The van der Waals surface area contributed by atoms with Gasteiger partial charge in [-0.1, -0.05) is 0 Å². The van der Waals surface area contributed by atoms with Gasteiger partial charge in [-0.15, -0.1) is 0 Å². The minimum atomic E-state index is -0.799. The van der Waals surface area contributed by atoms with Crippen molar-refractivity contribution < 1.29 is 19.0 Å². The molecule has 1 fully saturated rings. The summed E-state index contributed by atoms with van der Waals surface area (Å²) in [5.41, 5.74) is 1.04. The van der Waals surface area contributed by atoms with Crippen molar-refractivity contribution in [2.45, 2.75) is 19.9 Å². The van der Waals surface area contributed by atoms with Crippen LogP contribution in [0.2, 0.25) is 0 Å². The third-order valence-corrected chi connectivity index (χ3v) is 5.65. The number of nitrogens with zero attached hydrogens (tertiary/aromatic N) is 5. The third kappa shape index (κ3) is 6.36. The molecule has 2 aromatic heterocycles. The lowest BCUT2D eigenvalue weighted by atomic mass is 10.1. The Balaban J connectivity index is 1.32. The Morgan fingerprint density at radius 3 is 2.64 bits per heavy atom. The van der Waals surface area contributed by atoms with E-state index >= 15 is 0 Å². The number of morpholine rings is 1. The molecule has 1 atom stereocenters. The molecule has 0 bridgehead atoms. The minimum Gasteiger partial charge on any atom is -0.494 e. The maximum Gasteiger partial charge on any atom is 0.267 e. The number of carbonyl (C=O) groups excluding carboxylic acids is 1. The Morgan fingerprint density at radius 1 is 1.11 bits per heavy atom. The third-order valence-electron chi connectivity index (χ3n) is 5.65. The molecule has 0 aliphatic carbocycles. The smallest absolute Gasteiger partial charge is 0.267 e. The number of benzene rings is 1. The SMILES string of the molecule is CCOc1ccc(-c2ccc(=O)n(C(C)C(=O)NCCOc3cc(N4CCOCC4)ncn3)n2)cc1. The fourth-order valence-electron chi connectivity index (χ4n) is 3.71. The Labute approximate surface area is 209 Å². The van der Waals surface area contributed by atoms with Gasteiger partial charge in [0.2, 0.25) is 11.8 Å². The van der Waals surface area contributed by atoms with Crippen LogP contribution < -0.4 is 25.2 Å². The first-order valence-electron chi connectivity index (χ1n) is 11.9. The van der Waals surface area contributed by atoms with Crippen molar-refractivity contribution >= 4 is 11.7 Å². The number of hydrogen-bond donors (Lipinski definition) is 1. The number of ether oxygens (including phenoxy) is 3. The Kier molecular flexibility index (Phi) is 8.45. The second-order valence-electron chi connectivity index (χ2n) is 8.09. The van der Waals surface area contributed by atoms with Crippen molar-refractivity contribution in [2.75, 3.05) is 51.0 Å². The van der Waals surface area contributed by atoms with Crippen molar-refractivity contribution in [1.82, 2.24) is 25.1 Å². The van der Waals surface area contributed by atoms with Crippen molar-refractivity contribution in [1.29, 1.82) is 0 Å². The van der Waals surface area contributed by atoms with E-state index in [1.165, 1.54) is 17.1 Å². The molecule has 3 aromatic rings.